The molecule has 1 aliphatic carbocycles. The molecule has 2 N–H and O–H groups in total. The highest BCUT2D eigenvalue weighted by molar-refractivity contribution is 7.91. The van der Waals surface area contributed by atoms with Crippen molar-refractivity contribution in [3.63, 3.8) is 0 Å². The molecule has 144 valence electrons. The Hall–Kier alpha value is -1.85. The van der Waals surface area contributed by atoms with Crippen LogP contribution in [0.5, 0.6) is 5.75 Å². The number of rotatable bonds is 5. The number of ether oxygens (including phenoxy) is 1. The average molecular weight is 403 g/mol. The normalized spacial score (nSPS) is 19.8. The van der Waals surface area contributed by atoms with Crippen molar-refractivity contribution in [2.45, 2.75) is 23.8 Å². The van der Waals surface area contributed by atoms with Crippen LogP contribution in [0.3, 0.4) is 0 Å². The summed E-state index contributed by atoms with van der Waals surface area (Å²) in [6.07, 6.45) is 1.63. The Morgan fingerprint density at radius 3 is 2.46 bits per heavy atom. The predicted molar refractivity (Wildman–Crippen MR) is 95.6 cm³/mol. The molecule has 3 rings (SSSR count). The minimum atomic E-state index is -3.67. The summed E-state index contributed by atoms with van der Waals surface area (Å²) in [5.74, 6) is 0.141. The van der Waals surface area contributed by atoms with Gasteiger partial charge in [-0.05, 0) is 31.0 Å². The number of hydrogen-bond acceptors (Lipinski definition) is 6. The molecule has 26 heavy (non-hydrogen) atoms. The lowest BCUT2D eigenvalue weighted by molar-refractivity contribution is 0.216. The molecular weight excluding hydrogens is 382 g/mol. The zero-order valence-corrected chi connectivity index (χ0v) is 15.9. The monoisotopic (exact) mass is 403 g/mol. The van der Waals surface area contributed by atoms with Gasteiger partial charge in [-0.3, -0.25) is 0 Å². The van der Waals surface area contributed by atoms with Crippen molar-refractivity contribution < 1.29 is 26.4 Å². The van der Waals surface area contributed by atoms with Crippen molar-refractivity contribution in [1.82, 2.24) is 9.62 Å². The van der Waals surface area contributed by atoms with Crippen molar-refractivity contribution >= 4 is 31.6 Å². The van der Waals surface area contributed by atoms with E-state index in [9.17, 15) is 21.6 Å². The Morgan fingerprint density at radius 1 is 1.23 bits per heavy atom. The number of sulfone groups is 1. The fraction of sp³-hybridized carbons (Fsp3) is 0.533. The van der Waals surface area contributed by atoms with Gasteiger partial charge in [0.1, 0.15) is 5.75 Å². The van der Waals surface area contributed by atoms with Crippen LogP contribution in [0.25, 0.3) is 0 Å². The summed E-state index contributed by atoms with van der Waals surface area (Å²) in [4.78, 5) is 13.8. The maximum absolute atomic E-state index is 12.4. The van der Waals surface area contributed by atoms with Crippen LogP contribution in [-0.4, -0.2) is 65.5 Å². The molecule has 0 spiro atoms. The van der Waals surface area contributed by atoms with Crippen LogP contribution in [0, 0.1) is 0 Å². The number of amides is 2. The lowest BCUT2D eigenvalue weighted by Crippen LogP contribution is -2.45. The van der Waals surface area contributed by atoms with Gasteiger partial charge in [0.15, 0.2) is 9.84 Å². The Bertz CT molecular complexity index is 895. The molecule has 0 atom stereocenters. The third-order valence-electron chi connectivity index (χ3n) is 4.25. The predicted octanol–water partition coefficient (Wildman–Crippen LogP) is 0.398. The SMILES string of the molecule is COc1ccc(S(=O)(=O)NC2CC2)cc1NC(=O)N1CCS(=O)(=O)CC1. The zero-order chi connectivity index (χ0) is 18.9. The maximum Gasteiger partial charge on any atom is 0.322 e. The Balaban J connectivity index is 1.77. The molecule has 2 fully saturated rings. The molecular formula is C15H21N3O6S2. The third-order valence-corrected chi connectivity index (χ3v) is 7.38. The summed E-state index contributed by atoms with van der Waals surface area (Å²) < 4.78 is 55.4. The van der Waals surface area contributed by atoms with Crippen molar-refractivity contribution in [2.24, 2.45) is 0 Å². The number of hydrogen-bond donors (Lipinski definition) is 2. The molecule has 0 unspecified atom stereocenters. The van der Waals surface area contributed by atoms with E-state index in [-0.39, 0.29) is 41.2 Å². The van der Waals surface area contributed by atoms with Crippen LogP contribution in [0.15, 0.2) is 23.1 Å². The van der Waals surface area contributed by atoms with Gasteiger partial charge >= 0.3 is 6.03 Å². The number of anilines is 1. The molecule has 2 amide bonds. The minimum Gasteiger partial charge on any atom is -0.495 e. The fourth-order valence-corrected chi connectivity index (χ4v) is 5.08. The van der Waals surface area contributed by atoms with Gasteiger partial charge in [-0.25, -0.2) is 26.4 Å². The molecule has 1 saturated heterocycles. The standard InChI is InChI=1S/C15H21N3O6S2/c1-24-14-5-4-12(26(22,23)17-11-2-3-11)10-13(14)16-15(19)18-6-8-25(20,21)9-7-18/h4-5,10-11,17H,2-3,6-9H2,1H3,(H,16,19). The van der Waals surface area contributed by atoms with E-state index in [0.29, 0.717) is 5.75 Å². The van der Waals surface area contributed by atoms with Gasteiger partial charge in [-0.1, -0.05) is 0 Å². The van der Waals surface area contributed by atoms with Crippen molar-refractivity contribution in [3.05, 3.63) is 18.2 Å². The molecule has 0 bridgehead atoms. The molecule has 9 nitrogen and oxygen atoms in total. The number of nitrogens with one attached hydrogen (secondary N) is 2. The second kappa shape index (κ2) is 7.05. The lowest BCUT2D eigenvalue weighted by atomic mass is 10.3. The highest BCUT2D eigenvalue weighted by atomic mass is 32.2. The van der Waals surface area contributed by atoms with Crippen LogP contribution in [0.2, 0.25) is 0 Å². The Morgan fingerprint density at radius 2 is 1.88 bits per heavy atom. The highest BCUT2D eigenvalue weighted by Crippen LogP contribution is 2.29. The summed E-state index contributed by atoms with van der Waals surface area (Å²) in [7, 11) is -5.36. The first-order valence-electron chi connectivity index (χ1n) is 8.17. The van der Waals surface area contributed by atoms with Crippen molar-refractivity contribution in [2.75, 3.05) is 37.0 Å². The molecule has 1 saturated carbocycles. The first-order valence-corrected chi connectivity index (χ1v) is 11.5. The van der Waals surface area contributed by atoms with E-state index >= 15 is 0 Å². The Kier molecular flexibility index (Phi) is 5.13. The van der Waals surface area contributed by atoms with Crippen LogP contribution >= 0.6 is 0 Å². The topological polar surface area (TPSA) is 122 Å². The second-order valence-electron chi connectivity index (χ2n) is 6.33. The van der Waals surface area contributed by atoms with E-state index in [0.717, 1.165) is 12.8 Å². The highest BCUT2D eigenvalue weighted by Gasteiger charge is 2.29. The summed E-state index contributed by atoms with van der Waals surface area (Å²) in [6.45, 7) is 0.190. The number of nitrogens with zero attached hydrogens (tertiary/aromatic N) is 1. The number of carbonyl (C=O) groups excluding carboxylic acids is 1. The zero-order valence-electron chi connectivity index (χ0n) is 14.3. The lowest BCUT2D eigenvalue weighted by Gasteiger charge is -2.27. The third kappa shape index (κ3) is 4.46. The van der Waals surface area contributed by atoms with E-state index in [1.165, 1.54) is 30.2 Å². The molecule has 2 aliphatic rings. The first-order chi connectivity index (χ1) is 12.2. The molecule has 0 radical (unpaired) electrons. The summed E-state index contributed by atoms with van der Waals surface area (Å²) in [5.41, 5.74) is 0.213. The minimum absolute atomic E-state index is 0.0294. The van der Waals surface area contributed by atoms with Crippen LogP contribution in [0.4, 0.5) is 10.5 Å². The van der Waals surface area contributed by atoms with Gasteiger partial charge in [0.2, 0.25) is 10.0 Å². The van der Waals surface area contributed by atoms with E-state index in [2.05, 4.69) is 10.0 Å². The molecule has 1 heterocycles. The summed E-state index contributed by atoms with van der Waals surface area (Å²) in [6, 6.07) is 3.69. The molecule has 1 aromatic carbocycles. The van der Waals surface area contributed by atoms with Crippen LogP contribution in [-0.2, 0) is 19.9 Å². The summed E-state index contributed by atoms with van der Waals surface area (Å²) >= 11 is 0. The molecule has 0 aromatic heterocycles. The number of methoxy groups -OCH3 is 1. The Labute approximate surface area is 152 Å². The quantitative estimate of drug-likeness (QED) is 0.734. The number of sulfonamides is 1. The number of urea groups is 1. The van der Waals surface area contributed by atoms with Gasteiger partial charge in [0.25, 0.3) is 0 Å². The van der Waals surface area contributed by atoms with Gasteiger partial charge in [0.05, 0.1) is 29.2 Å². The van der Waals surface area contributed by atoms with E-state index in [4.69, 9.17) is 4.74 Å². The van der Waals surface area contributed by atoms with Gasteiger partial charge in [0, 0.05) is 19.1 Å². The van der Waals surface area contributed by atoms with Gasteiger partial charge < -0.3 is 15.0 Å². The van der Waals surface area contributed by atoms with Crippen molar-refractivity contribution in [3.8, 4) is 5.75 Å². The van der Waals surface area contributed by atoms with E-state index < -0.39 is 25.9 Å². The first kappa shape index (κ1) is 18.9. The van der Waals surface area contributed by atoms with Gasteiger partial charge in [-0.2, -0.15) is 0 Å². The number of carbonyl (C=O) groups is 1. The molecule has 1 aromatic rings. The van der Waals surface area contributed by atoms with Crippen LogP contribution < -0.4 is 14.8 Å². The number of benzene rings is 1. The fourth-order valence-electron chi connectivity index (χ4n) is 2.55. The smallest absolute Gasteiger partial charge is 0.322 e. The maximum atomic E-state index is 12.4. The van der Waals surface area contributed by atoms with E-state index in [1.54, 1.807) is 0 Å². The largest absolute Gasteiger partial charge is 0.495 e. The van der Waals surface area contributed by atoms with E-state index in [1.807, 2.05) is 0 Å². The average Bonchev–Trinajstić information content (AvgIpc) is 3.38. The van der Waals surface area contributed by atoms with Crippen molar-refractivity contribution in [1.29, 1.82) is 0 Å². The second-order valence-corrected chi connectivity index (χ2v) is 10.3. The molecule has 11 heteroatoms. The molecule has 1 aliphatic heterocycles. The van der Waals surface area contributed by atoms with Crippen LogP contribution in [0.1, 0.15) is 12.8 Å². The van der Waals surface area contributed by atoms with Gasteiger partial charge in [-0.15, -0.1) is 0 Å². The summed E-state index contributed by atoms with van der Waals surface area (Å²) in [5, 5.41) is 2.61.